The van der Waals surface area contributed by atoms with E-state index in [0.717, 1.165) is 12.1 Å². The minimum Gasteiger partial charge on any atom is -0.459 e. The lowest BCUT2D eigenvalue weighted by Gasteiger charge is -2.36. The summed E-state index contributed by atoms with van der Waals surface area (Å²) in [5.74, 6) is -0.510. The van der Waals surface area contributed by atoms with Crippen molar-refractivity contribution in [3.8, 4) is 0 Å². The smallest absolute Gasteiger partial charge is 0.290 e. The number of nitrogens with zero attached hydrogens (tertiary/aromatic N) is 3. The third-order valence-corrected chi connectivity index (χ3v) is 6.00. The fourth-order valence-electron chi connectivity index (χ4n) is 4.10. The molecule has 2 fully saturated rings. The first kappa shape index (κ1) is 21.2. The number of anilines is 1. The number of benzene rings is 1. The van der Waals surface area contributed by atoms with Gasteiger partial charge in [-0.2, -0.15) is 0 Å². The molecule has 2 aliphatic rings. The molecule has 3 heterocycles. The van der Waals surface area contributed by atoms with Gasteiger partial charge >= 0.3 is 0 Å². The summed E-state index contributed by atoms with van der Waals surface area (Å²) in [5.41, 5.74) is 1.04. The third-order valence-electron chi connectivity index (χ3n) is 5.77. The Hall–Kier alpha value is -3.00. The largest absolute Gasteiger partial charge is 0.459 e. The van der Waals surface area contributed by atoms with Crippen LogP contribution in [0.5, 0.6) is 0 Å². The van der Waals surface area contributed by atoms with Crippen LogP contribution in [0, 0.1) is 0 Å². The van der Waals surface area contributed by atoms with Crippen molar-refractivity contribution in [1.29, 1.82) is 0 Å². The minimum absolute atomic E-state index is 0.0741. The van der Waals surface area contributed by atoms with Crippen molar-refractivity contribution < 1.29 is 18.8 Å². The predicted molar refractivity (Wildman–Crippen MR) is 116 cm³/mol. The van der Waals surface area contributed by atoms with E-state index in [1.165, 1.54) is 11.2 Å². The molecule has 2 aromatic rings. The molecule has 8 nitrogen and oxygen atoms in total. The van der Waals surface area contributed by atoms with E-state index >= 15 is 0 Å². The van der Waals surface area contributed by atoms with E-state index in [0.29, 0.717) is 44.2 Å². The highest BCUT2D eigenvalue weighted by molar-refractivity contribution is 6.30. The van der Waals surface area contributed by atoms with Crippen LogP contribution in [0.4, 0.5) is 5.69 Å². The molecular formula is C22H25ClN4O4. The summed E-state index contributed by atoms with van der Waals surface area (Å²) < 4.78 is 5.17. The Morgan fingerprint density at radius 1 is 1.06 bits per heavy atom. The second-order valence-corrected chi connectivity index (χ2v) is 8.14. The van der Waals surface area contributed by atoms with Crippen molar-refractivity contribution in [2.24, 2.45) is 0 Å². The lowest BCUT2D eigenvalue weighted by molar-refractivity contribution is -0.134. The Morgan fingerprint density at radius 2 is 1.87 bits per heavy atom. The number of amides is 3. The van der Waals surface area contributed by atoms with Gasteiger partial charge in [-0.15, -0.1) is 0 Å². The van der Waals surface area contributed by atoms with Gasteiger partial charge in [0.05, 0.1) is 12.8 Å². The molecule has 3 amide bonds. The van der Waals surface area contributed by atoms with E-state index in [1.54, 1.807) is 17.0 Å². The zero-order valence-corrected chi connectivity index (χ0v) is 17.9. The maximum absolute atomic E-state index is 12.7. The minimum atomic E-state index is -0.579. The second-order valence-electron chi connectivity index (χ2n) is 7.70. The van der Waals surface area contributed by atoms with Gasteiger partial charge in [-0.1, -0.05) is 17.7 Å². The lowest BCUT2D eigenvalue weighted by atomic mass is 10.2. The fourth-order valence-corrected chi connectivity index (χ4v) is 4.29. The summed E-state index contributed by atoms with van der Waals surface area (Å²) in [5, 5.41) is 3.40. The number of carbonyl (C=O) groups is 3. The Morgan fingerprint density at radius 3 is 2.58 bits per heavy atom. The number of hydrogen-bond acceptors (Lipinski definition) is 5. The number of rotatable bonds is 5. The summed E-state index contributed by atoms with van der Waals surface area (Å²) in [6, 6.07) is 10.3. The quantitative estimate of drug-likeness (QED) is 0.762. The van der Waals surface area contributed by atoms with Crippen LogP contribution < -0.4 is 10.2 Å². The van der Waals surface area contributed by atoms with Crippen LogP contribution in [0.3, 0.4) is 0 Å². The molecule has 1 unspecified atom stereocenters. The number of likely N-dealkylation sites (tertiary alicyclic amines) is 1. The Labute approximate surface area is 185 Å². The zero-order chi connectivity index (χ0) is 21.8. The van der Waals surface area contributed by atoms with Crippen LogP contribution in [0.2, 0.25) is 5.02 Å². The van der Waals surface area contributed by atoms with Gasteiger partial charge in [0.25, 0.3) is 5.91 Å². The summed E-state index contributed by atoms with van der Waals surface area (Å²) >= 11 is 6.07. The normalized spacial score (nSPS) is 18.9. The highest BCUT2D eigenvalue weighted by Crippen LogP contribution is 2.22. The standard InChI is InChI=1S/C22H25ClN4O4/c23-16-4-1-5-17(14-16)25-9-11-26(12-10-25)20(28)15-24-21(29)18-6-2-8-27(18)22(30)19-7-3-13-31-19/h1,3-5,7,13-14,18H,2,6,8-12,15H2,(H,24,29). The summed E-state index contributed by atoms with van der Waals surface area (Å²) in [6.07, 6.45) is 2.75. The number of carbonyl (C=O) groups excluding carboxylic acids is 3. The van der Waals surface area contributed by atoms with Crippen molar-refractivity contribution in [2.75, 3.05) is 44.2 Å². The molecule has 0 spiro atoms. The van der Waals surface area contributed by atoms with Crippen molar-refractivity contribution in [3.05, 3.63) is 53.4 Å². The van der Waals surface area contributed by atoms with Crippen LogP contribution in [0.1, 0.15) is 23.4 Å². The zero-order valence-electron chi connectivity index (χ0n) is 17.1. The molecule has 0 saturated carbocycles. The maximum atomic E-state index is 12.7. The van der Waals surface area contributed by atoms with Crippen molar-refractivity contribution in [2.45, 2.75) is 18.9 Å². The van der Waals surface area contributed by atoms with E-state index in [-0.39, 0.29) is 30.0 Å². The van der Waals surface area contributed by atoms with E-state index < -0.39 is 6.04 Å². The molecule has 1 aromatic carbocycles. The first-order valence-electron chi connectivity index (χ1n) is 10.4. The maximum Gasteiger partial charge on any atom is 0.290 e. The Bertz CT molecular complexity index is 941. The third kappa shape index (κ3) is 4.85. The van der Waals surface area contributed by atoms with Crippen LogP contribution in [0.15, 0.2) is 47.1 Å². The van der Waals surface area contributed by atoms with E-state index in [1.807, 2.05) is 24.3 Å². The molecule has 1 atom stereocenters. The van der Waals surface area contributed by atoms with Gasteiger partial charge in [-0.05, 0) is 43.2 Å². The average Bonchev–Trinajstić information content (AvgIpc) is 3.49. The lowest BCUT2D eigenvalue weighted by Crippen LogP contribution is -2.53. The van der Waals surface area contributed by atoms with Gasteiger partial charge in [0.2, 0.25) is 11.8 Å². The molecule has 31 heavy (non-hydrogen) atoms. The van der Waals surface area contributed by atoms with Gasteiger partial charge in [0, 0.05) is 43.4 Å². The predicted octanol–water partition coefficient (Wildman–Crippen LogP) is 2.00. The van der Waals surface area contributed by atoms with Gasteiger partial charge in [0.15, 0.2) is 5.76 Å². The SMILES string of the molecule is O=C(NCC(=O)N1CCN(c2cccc(Cl)c2)CC1)C1CCCN1C(=O)c1ccco1. The van der Waals surface area contributed by atoms with E-state index in [2.05, 4.69) is 10.2 Å². The van der Waals surface area contributed by atoms with Crippen molar-refractivity contribution in [3.63, 3.8) is 0 Å². The van der Waals surface area contributed by atoms with E-state index in [4.69, 9.17) is 16.0 Å². The monoisotopic (exact) mass is 444 g/mol. The molecule has 1 aromatic heterocycles. The molecule has 0 bridgehead atoms. The van der Waals surface area contributed by atoms with Crippen LogP contribution >= 0.6 is 11.6 Å². The molecule has 1 N–H and O–H groups in total. The molecule has 0 radical (unpaired) electrons. The second kappa shape index (κ2) is 9.43. The Balaban J connectivity index is 1.26. The van der Waals surface area contributed by atoms with Gasteiger partial charge < -0.3 is 24.4 Å². The van der Waals surface area contributed by atoms with Crippen LogP contribution in [-0.4, -0.2) is 72.8 Å². The van der Waals surface area contributed by atoms with Gasteiger partial charge in [-0.25, -0.2) is 0 Å². The number of furan rings is 1. The molecule has 2 saturated heterocycles. The number of piperazine rings is 1. The van der Waals surface area contributed by atoms with E-state index in [9.17, 15) is 14.4 Å². The highest BCUT2D eigenvalue weighted by Gasteiger charge is 2.35. The average molecular weight is 445 g/mol. The van der Waals surface area contributed by atoms with Gasteiger partial charge in [0.1, 0.15) is 6.04 Å². The summed E-state index contributed by atoms with van der Waals surface area (Å²) in [7, 11) is 0. The fraction of sp³-hybridized carbons (Fsp3) is 0.409. The van der Waals surface area contributed by atoms with Crippen LogP contribution in [-0.2, 0) is 9.59 Å². The molecule has 9 heteroatoms. The Kier molecular flexibility index (Phi) is 6.46. The number of nitrogens with one attached hydrogen (secondary N) is 1. The van der Waals surface area contributed by atoms with Crippen molar-refractivity contribution in [1.82, 2.24) is 15.1 Å². The number of hydrogen-bond donors (Lipinski definition) is 1. The van der Waals surface area contributed by atoms with Crippen LogP contribution in [0.25, 0.3) is 0 Å². The summed E-state index contributed by atoms with van der Waals surface area (Å²) in [6.45, 7) is 2.98. The molecule has 0 aliphatic carbocycles. The van der Waals surface area contributed by atoms with Gasteiger partial charge in [-0.3, -0.25) is 14.4 Å². The molecule has 4 rings (SSSR count). The first-order chi connectivity index (χ1) is 15.0. The van der Waals surface area contributed by atoms with Crippen molar-refractivity contribution >= 4 is 35.0 Å². The number of halogens is 1. The topological polar surface area (TPSA) is 86.1 Å². The highest BCUT2D eigenvalue weighted by atomic mass is 35.5. The molecule has 164 valence electrons. The molecular weight excluding hydrogens is 420 g/mol. The summed E-state index contributed by atoms with van der Waals surface area (Å²) in [4.78, 5) is 43.2. The first-order valence-corrected chi connectivity index (χ1v) is 10.8. The molecule has 2 aliphatic heterocycles.